The summed E-state index contributed by atoms with van der Waals surface area (Å²) < 4.78 is 36.0. The van der Waals surface area contributed by atoms with E-state index in [2.05, 4.69) is 10.6 Å². The van der Waals surface area contributed by atoms with Crippen LogP contribution in [0.15, 0.2) is 70.8 Å². The van der Waals surface area contributed by atoms with Crippen LogP contribution in [0.3, 0.4) is 0 Å². The maximum Gasteiger partial charge on any atom is 0.338 e. The van der Waals surface area contributed by atoms with Gasteiger partial charge in [0.25, 0.3) is 0 Å². The molecule has 0 aromatic heterocycles. The summed E-state index contributed by atoms with van der Waals surface area (Å²) in [7, 11) is -2.61. The Hall–Kier alpha value is -3.33. The van der Waals surface area contributed by atoms with Gasteiger partial charge in [0.05, 0.1) is 36.0 Å². The molecule has 0 saturated heterocycles. The average Bonchev–Trinajstić information content (AvgIpc) is 2.74. The van der Waals surface area contributed by atoms with Gasteiger partial charge in [-0.2, -0.15) is 0 Å². The van der Waals surface area contributed by atoms with Gasteiger partial charge in [-0.15, -0.1) is 0 Å². The van der Waals surface area contributed by atoms with Gasteiger partial charge in [0.15, 0.2) is 9.84 Å². The summed E-state index contributed by atoms with van der Waals surface area (Å²) in [5.41, 5.74) is 0.595. The van der Waals surface area contributed by atoms with Gasteiger partial charge in [-0.25, -0.2) is 18.0 Å². The van der Waals surface area contributed by atoms with Crippen LogP contribution in [0.4, 0.5) is 4.79 Å². The first-order valence-electron chi connectivity index (χ1n) is 9.25. The molecule has 1 atom stereocenters. The molecule has 2 amide bonds. The summed E-state index contributed by atoms with van der Waals surface area (Å²) in [6, 6.07) is 13.2. The van der Waals surface area contributed by atoms with Crippen molar-refractivity contribution in [2.45, 2.75) is 17.9 Å². The van der Waals surface area contributed by atoms with Crippen molar-refractivity contribution in [3.63, 3.8) is 0 Å². The van der Waals surface area contributed by atoms with Gasteiger partial charge >= 0.3 is 12.0 Å². The van der Waals surface area contributed by atoms with Crippen LogP contribution in [0.1, 0.15) is 18.5 Å². The third-order valence-electron chi connectivity index (χ3n) is 4.52. The highest BCUT2D eigenvalue weighted by Gasteiger charge is 2.35. The molecule has 8 nitrogen and oxygen atoms in total. The molecule has 0 aliphatic carbocycles. The molecule has 0 unspecified atom stereocenters. The third kappa shape index (κ3) is 4.62. The van der Waals surface area contributed by atoms with Crippen molar-refractivity contribution in [2.75, 3.05) is 19.5 Å². The van der Waals surface area contributed by atoms with Gasteiger partial charge in [-0.1, -0.05) is 30.3 Å². The molecule has 0 saturated carbocycles. The zero-order valence-corrected chi connectivity index (χ0v) is 17.4. The molecule has 2 aromatic rings. The molecule has 3 rings (SSSR count). The predicted octanol–water partition coefficient (Wildman–Crippen LogP) is 2.34. The molecule has 1 aliphatic heterocycles. The lowest BCUT2D eigenvalue weighted by molar-refractivity contribution is -0.136. The second-order valence-corrected chi connectivity index (χ2v) is 8.48. The smallest absolute Gasteiger partial charge is 0.338 e. The highest BCUT2D eigenvalue weighted by molar-refractivity contribution is 7.91. The van der Waals surface area contributed by atoms with Gasteiger partial charge < -0.3 is 20.1 Å². The number of sulfone groups is 1. The number of carbonyl (C=O) groups excluding carboxylic acids is 2. The predicted molar refractivity (Wildman–Crippen MR) is 110 cm³/mol. The normalized spacial score (nSPS) is 16.5. The van der Waals surface area contributed by atoms with E-state index in [-0.39, 0.29) is 16.2 Å². The molecule has 1 heterocycles. The van der Waals surface area contributed by atoms with Gasteiger partial charge in [0.2, 0.25) is 0 Å². The third-order valence-corrected chi connectivity index (χ3v) is 6.18. The lowest BCUT2D eigenvalue weighted by Crippen LogP contribution is -2.47. The number of methoxy groups -OCH3 is 1. The second kappa shape index (κ2) is 9.00. The lowest BCUT2D eigenvalue weighted by atomic mass is 9.95. The minimum atomic E-state index is -3.81. The summed E-state index contributed by atoms with van der Waals surface area (Å²) in [6.07, 6.45) is 0. The van der Waals surface area contributed by atoms with Crippen molar-refractivity contribution in [1.82, 2.24) is 10.6 Å². The van der Waals surface area contributed by atoms with Crippen LogP contribution in [0, 0.1) is 0 Å². The molecule has 9 heteroatoms. The Bertz CT molecular complexity index is 1060. The van der Waals surface area contributed by atoms with Crippen LogP contribution in [0.25, 0.3) is 0 Å². The number of urea groups is 1. The first-order valence-corrected chi connectivity index (χ1v) is 10.9. The first-order chi connectivity index (χ1) is 14.4. The van der Waals surface area contributed by atoms with Gasteiger partial charge in [-0.3, -0.25) is 0 Å². The fraction of sp³-hybridized carbons (Fsp3) is 0.238. The number of benzene rings is 2. The van der Waals surface area contributed by atoms with E-state index in [9.17, 15) is 18.0 Å². The number of hydrogen-bond acceptors (Lipinski definition) is 6. The number of nitrogens with one attached hydrogen (secondary N) is 2. The van der Waals surface area contributed by atoms with E-state index in [0.717, 1.165) is 0 Å². The molecule has 30 heavy (non-hydrogen) atoms. The Balaban J connectivity index is 2.04. The average molecular weight is 430 g/mol. The van der Waals surface area contributed by atoms with E-state index in [1.54, 1.807) is 42.5 Å². The SMILES string of the molecule is CCOc1ccc([C@H]2NC(=O)NC(CS(=O)(=O)c3ccccc3)=C2C(=O)OC)cc1. The zero-order chi connectivity index (χ0) is 21.7. The number of ether oxygens (including phenoxy) is 2. The van der Waals surface area contributed by atoms with Gasteiger partial charge in [-0.05, 0) is 36.8 Å². The van der Waals surface area contributed by atoms with Crippen LogP contribution >= 0.6 is 0 Å². The lowest BCUT2D eigenvalue weighted by Gasteiger charge is -2.29. The summed E-state index contributed by atoms with van der Waals surface area (Å²) in [6.45, 7) is 2.36. The van der Waals surface area contributed by atoms with Gasteiger partial charge in [0.1, 0.15) is 5.75 Å². The molecule has 1 aliphatic rings. The number of rotatable bonds is 7. The highest BCUT2D eigenvalue weighted by Crippen LogP contribution is 2.30. The minimum Gasteiger partial charge on any atom is -0.494 e. The molecular formula is C21H22N2O6S. The van der Waals surface area contributed by atoms with Crippen LogP contribution in [-0.4, -0.2) is 39.9 Å². The Kier molecular flexibility index (Phi) is 6.41. The van der Waals surface area contributed by atoms with Crippen LogP contribution in [-0.2, 0) is 19.4 Å². The van der Waals surface area contributed by atoms with Crippen LogP contribution in [0.5, 0.6) is 5.75 Å². The van der Waals surface area contributed by atoms with E-state index >= 15 is 0 Å². The van der Waals surface area contributed by atoms with E-state index in [1.165, 1.54) is 19.2 Å². The van der Waals surface area contributed by atoms with E-state index < -0.39 is 33.6 Å². The Morgan fingerprint density at radius 3 is 2.33 bits per heavy atom. The number of carbonyl (C=O) groups is 2. The Morgan fingerprint density at radius 2 is 1.73 bits per heavy atom. The van der Waals surface area contributed by atoms with Crippen LogP contribution < -0.4 is 15.4 Å². The van der Waals surface area contributed by atoms with Crippen molar-refractivity contribution in [3.8, 4) is 5.75 Å². The molecule has 0 bridgehead atoms. The van der Waals surface area contributed by atoms with Crippen molar-refractivity contribution in [1.29, 1.82) is 0 Å². The first kappa shape index (κ1) is 21.4. The van der Waals surface area contributed by atoms with Gasteiger partial charge in [0, 0.05) is 5.70 Å². The maximum atomic E-state index is 12.8. The van der Waals surface area contributed by atoms with E-state index in [0.29, 0.717) is 17.9 Å². The van der Waals surface area contributed by atoms with E-state index in [4.69, 9.17) is 9.47 Å². The summed E-state index contributed by atoms with van der Waals surface area (Å²) in [4.78, 5) is 24.9. The molecular weight excluding hydrogens is 408 g/mol. The molecule has 0 radical (unpaired) electrons. The number of esters is 1. The molecule has 0 fully saturated rings. The van der Waals surface area contributed by atoms with Crippen molar-refractivity contribution >= 4 is 21.8 Å². The molecule has 158 valence electrons. The monoisotopic (exact) mass is 430 g/mol. The zero-order valence-electron chi connectivity index (χ0n) is 16.5. The fourth-order valence-electron chi connectivity index (χ4n) is 3.16. The molecule has 2 N–H and O–H groups in total. The van der Waals surface area contributed by atoms with Crippen molar-refractivity contribution in [2.24, 2.45) is 0 Å². The summed E-state index contributed by atoms with van der Waals surface area (Å²) in [5, 5.41) is 5.12. The Labute approximate surface area is 174 Å². The summed E-state index contributed by atoms with van der Waals surface area (Å²) >= 11 is 0. The topological polar surface area (TPSA) is 111 Å². The largest absolute Gasteiger partial charge is 0.494 e. The summed E-state index contributed by atoms with van der Waals surface area (Å²) in [5.74, 6) is -0.654. The highest BCUT2D eigenvalue weighted by atomic mass is 32.2. The standard InChI is InChI=1S/C21H22N2O6S/c1-3-29-15-11-9-14(10-12-15)19-18(20(24)28-2)17(22-21(25)23-19)13-30(26,27)16-7-5-4-6-8-16/h4-12,19H,3,13H2,1-2H3,(H2,22,23,25)/t19-/m1/s1. The number of amides is 2. The molecule has 2 aromatic carbocycles. The number of hydrogen-bond donors (Lipinski definition) is 2. The molecule has 0 spiro atoms. The maximum absolute atomic E-state index is 12.8. The Morgan fingerprint density at radius 1 is 1.07 bits per heavy atom. The van der Waals surface area contributed by atoms with E-state index in [1.807, 2.05) is 6.92 Å². The fourth-order valence-corrected chi connectivity index (χ4v) is 4.50. The minimum absolute atomic E-state index is 0.0201. The van der Waals surface area contributed by atoms with Crippen molar-refractivity contribution < 1.29 is 27.5 Å². The quantitative estimate of drug-likeness (QED) is 0.653. The second-order valence-electron chi connectivity index (χ2n) is 6.49. The van der Waals surface area contributed by atoms with Crippen LogP contribution in [0.2, 0.25) is 0 Å². The van der Waals surface area contributed by atoms with Crippen molar-refractivity contribution in [3.05, 3.63) is 71.4 Å².